The first-order chi connectivity index (χ1) is 19.2. The Hall–Kier alpha value is -2.75. The quantitative estimate of drug-likeness (QED) is 0.245. The van der Waals surface area contributed by atoms with E-state index in [0.717, 1.165) is 12.2 Å². The molecule has 0 spiro atoms. The standard InChI is InChI=1S/C25H36ClF3N6O5Si/c1-18(39-10-5-21(36)33-6-8-34(9-7-33)24-30-13-19(26)14-31-24)16-40-20-15-32-35(17-38-11-12-41(2,3)4)23(37)22(20)25(27,28)29/h13-15,18H,5-12,16-17H2,1-4H3. The van der Waals surface area contributed by atoms with Crippen LogP contribution in [-0.4, -0.2) is 90.7 Å². The Morgan fingerprint density at radius 1 is 1.10 bits per heavy atom. The lowest BCUT2D eigenvalue weighted by atomic mass is 10.2. The van der Waals surface area contributed by atoms with Crippen LogP contribution in [-0.2, 0) is 27.2 Å². The number of anilines is 1. The molecule has 11 nitrogen and oxygen atoms in total. The van der Waals surface area contributed by atoms with Crippen LogP contribution in [0.3, 0.4) is 0 Å². The third-order valence-electron chi connectivity index (χ3n) is 6.22. The van der Waals surface area contributed by atoms with Crippen molar-refractivity contribution in [2.24, 2.45) is 0 Å². The number of carbonyl (C=O) groups excluding carboxylic acids is 1. The number of piperazine rings is 1. The van der Waals surface area contributed by atoms with Gasteiger partial charge in [0.2, 0.25) is 11.9 Å². The van der Waals surface area contributed by atoms with Crippen molar-refractivity contribution in [1.29, 1.82) is 0 Å². The van der Waals surface area contributed by atoms with Gasteiger partial charge in [-0.25, -0.2) is 14.6 Å². The smallest absolute Gasteiger partial charge is 0.425 e. The Balaban J connectivity index is 1.44. The summed E-state index contributed by atoms with van der Waals surface area (Å²) in [5.74, 6) is -0.241. The summed E-state index contributed by atoms with van der Waals surface area (Å²) in [6, 6.07) is 0.801. The number of alkyl halides is 3. The van der Waals surface area contributed by atoms with Crippen molar-refractivity contribution in [2.75, 3.05) is 50.9 Å². The third-order valence-corrected chi connectivity index (χ3v) is 8.12. The van der Waals surface area contributed by atoms with Crippen LogP contribution >= 0.6 is 11.6 Å². The molecule has 1 amide bonds. The Labute approximate surface area is 242 Å². The zero-order valence-electron chi connectivity index (χ0n) is 23.6. The highest BCUT2D eigenvalue weighted by Gasteiger charge is 2.39. The van der Waals surface area contributed by atoms with Crippen LogP contribution in [0, 0.1) is 0 Å². The maximum Gasteiger partial charge on any atom is 0.425 e. The minimum atomic E-state index is -4.95. The molecule has 1 atom stereocenters. The summed E-state index contributed by atoms with van der Waals surface area (Å²) in [4.78, 5) is 37.2. The lowest BCUT2D eigenvalue weighted by Crippen LogP contribution is -2.49. The van der Waals surface area contributed by atoms with Crippen LogP contribution in [0.15, 0.2) is 23.4 Å². The van der Waals surface area contributed by atoms with E-state index < -0.39 is 37.2 Å². The van der Waals surface area contributed by atoms with E-state index in [1.54, 1.807) is 11.8 Å². The van der Waals surface area contributed by atoms with Gasteiger partial charge in [-0.05, 0) is 13.0 Å². The van der Waals surface area contributed by atoms with Crippen LogP contribution in [0.5, 0.6) is 5.75 Å². The predicted octanol–water partition coefficient (Wildman–Crippen LogP) is 3.54. The molecule has 3 heterocycles. The summed E-state index contributed by atoms with van der Waals surface area (Å²) in [6.45, 7) is 9.87. The van der Waals surface area contributed by atoms with Gasteiger partial charge in [-0.2, -0.15) is 18.3 Å². The van der Waals surface area contributed by atoms with Gasteiger partial charge in [-0.1, -0.05) is 31.2 Å². The van der Waals surface area contributed by atoms with E-state index >= 15 is 0 Å². The van der Waals surface area contributed by atoms with Crippen LogP contribution in [0.25, 0.3) is 0 Å². The zero-order chi connectivity index (χ0) is 30.2. The highest BCUT2D eigenvalue weighted by molar-refractivity contribution is 6.76. The lowest BCUT2D eigenvalue weighted by Gasteiger charge is -2.34. The second kappa shape index (κ2) is 14.4. The minimum absolute atomic E-state index is 0.0601. The van der Waals surface area contributed by atoms with Gasteiger partial charge in [0.25, 0.3) is 5.56 Å². The van der Waals surface area contributed by atoms with E-state index in [1.165, 1.54) is 12.4 Å². The molecule has 0 bridgehead atoms. The van der Waals surface area contributed by atoms with E-state index in [9.17, 15) is 22.8 Å². The number of rotatable bonds is 13. The van der Waals surface area contributed by atoms with Crippen molar-refractivity contribution in [2.45, 2.75) is 58.0 Å². The molecule has 1 saturated heterocycles. The molecule has 0 aromatic carbocycles. The summed E-state index contributed by atoms with van der Waals surface area (Å²) < 4.78 is 58.0. The predicted molar refractivity (Wildman–Crippen MR) is 149 cm³/mol. The van der Waals surface area contributed by atoms with Crippen molar-refractivity contribution in [3.63, 3.8) is 0 Å². The molecule has 1 aliphatic rings. The van der Waals surface area contributed by atoms with Gasteiger partial charge in [0.15, 0.2) is 11.3 Å². The van der Waals surface area contributed by atoms with E-state index in [4.69, 9.17) is 25.8 Å². The van der Waals surface area contributed by atoms with Crippen LogP contribution in [0.4, 0.5) is 19.1 Å². The topological polar surface area (TPSA) is 112 Å². The number of ether oxygens (including phenoxy) is 3. The van der Waals surface area contributed by atoms with Crippen molar-refractivity contribution in [3.05, 3.63) is 39.5 Å². The number of carbonyl (C=O) groups is 1. The zero-order valence-corrected chi connectivity index (χ0v) is 25.4. The van der Waals surface area contributed by atoms with Crippen LogP contribution in [0.2, 0.25) is 30.7 Å². The molecular weight excluding hydrogens is 585 g/mol. The van der Waals surface area contributed by atoms with Crippen LogP contribution < -0.4 is 15.2 Å². The van der Waals surface area contributed by atoms with Crippen molar-refractivity contribution >= 4 is 31.5 Å². The van der Waals surface area contributed by atoms with Gasteiger partial charge in [0.1, 0.15) is 13.3 Å². The molecule has 41 heavy (non-hydrogen) atoms. The summed E-state index contributed by atoms with van der Waals surface area (Å²) in [5, 5.41) is 4.23. The van der Waals surface area contributed by atoms with Gasteiger partial charge in [0.05, 0.1) is 42.7 Å². The van der Waals surface area contributed by atoms with E-state index in [-0.39, 0.29) is 32.3 Å². The normalized spacial score (nSPS) is 15.2. The molecule has 1 unspecified atom stereocenters. The first-order valence-electron chi connectivity index (χ1n) is 13.2. The molecule has 0 radical (unpaired) electrons. The average molecular weight is 621 g/mol. The highest BCUT2D eigenvalue weighted by Crippen LogP contribution is 2.33. The molecule has 1 aliphatic heterocycles. The monoisotopic (exact) mass is 620 g/mol. The van der Waals surface area contributed by atoms with Crippen molar-refractivity contribution < 1.29 is 32.2 Å². The molecular formula is C25H36ClF3N6O5Si. The number of hydrogen-bond donors (Lipinski definition) is 0. The Kier molecular flexibility index (Phi) is 11.5. The van der Waals surface area contributed by atoms with E-state index in [1.807, 2.05) is 4.90 Å². The van der Waals surface area contributed by atoms with Crippen molar-refractivity contribution in [3.8, 4) is 5.75 Å². The number of amides is 1. The molecule has 2 aromatic rings. The first kappa shape index (κ1) is 32.8. The molecule has 3 rings (SSSR count). The van der Waals surface area contributed by atoms with Gasteiger partial charge >= 0.3 is 6.18 Å². The van der Waals surface area contributed by atoms with E-state index in [2.05, 4.69) is 34.7 Å². The summed E-state index contributed by atoms with van der Waals surface area (Å²) in [7, 11) is -1.40. The maximum atomic E-state index is 13.7. The second-order valence-electron chi connectivity index (χ2n) is 10.8. The number of nitrogens with zero attached hydrogens (tertiary/aromatic N) is 6. The van der Waals surface area contributed by atoms with Crippen LogP contribution in [0.1, 0.15) is 18.9 Å². The fraction of sp³-hybridized carbons (Fsp3) is 0.640. The van der Waals surface area contributed by atoms with E-state index in [0.29, 0.717) is 48.4 Å². The lowest BCUT2D eigenvalue weighted by molar-refractivity contribution is -0.141. The molecule has 16 heteroatoms. The number of halogens is 4. The number of hydrogen-bond acceptors (Lipinski definition) is 9. The molecule has 2 aromatic heterocycles. The molecule has 1 fully saturated rings. The Bertz CT molecular complexity index is 1200. The van der Waals surface area contributed by atoms with Gasteiger partial charge < -0.3 is 24.0 Å². The summed E-state index contributed by atoms with van der Waals surface area (Å²) >= 11 is 5.82. The largest absolute Gasteiger partial charge is 0.488 e. The highest BCUT2D eigenvalue weighted by atomic mass is 35.5. The maximum absolute atomic E-state index is 13.7. The fourth-order valence-corrected chi connectivity index (χ4v) is 4.70. The second-order valence-corrected chi connectivity index (χ2v) is 16.9. The SMILES string of the molecule is CC(COc1cnn(COCC[Si](C)(C)C)c(=O)c1C(F)(F)F)OCCC(=O)N1CCN(c2ncc(Cl)cn2)CC1. The Morgan fingerprint density at radius 2 is 1.76 bits per heavy atom. The first-order valence-corrected chi connectivity index (χ1v) is 17.3. The van der Waals surface area contributed by atoms with Gasteiger partial charge in [-0.15, -0.1) is 0 Å². The van der Waals surface area contributed by atoms with Crippen molar-refractivity contribution in [1.82, 2.24) is 24.6 Å². The molecule has 228 valence electrons. The molecule has 0 saturated carbocycles. The summed E-state index contributed by atoms with van der Waals surface area (Å²) in [5.41, 5.74) is -2.79. The third kappa shape index (κ3) is 10.2. The summed E-state index contributed by atoms with van der Waals surface area (Å²) in [6.07, 6.45) is -1.60. The Morgan fingerprint density at radius 3 is 2.37 bits per heavy atom. The van der Waals surface area contributed by atoms with Gasteiger partial charge in [0, 0.05) is 40.9 Å². The van der Waals surface area contributed by atoms with Gasteiger partial charge in [-0.3, -0.25) is 9.59 Å². The minimum Gasteiger partial charge on any atom is -0.488 e. The number of aromatic nitrogens is 4. The fourth-order valence-electron chi connectivity index (χ4n) is 3.85. The molecule has 0 aliphatic carbocycles. The average Bonchev–Trinajstić information content (AvgIpc) is 2.90. The molecule has 0 N–H and O–H groups in total.